The molecule has 0 saturated heterocycles. The predicted molar refractivity (Wildman–Crippen MR) is 109 cm³/mol. The van der Waals surface area contributed by atoms with Crippen LogP contribution in [0.4, 0.5) is 0 Å². The lowest BCUT2D eigenvalue weighted by Crippen LogP contribution is -2.23. The van der Waals surface area contributed by atoms with Gasteiger partial charge in [-0.25, -0.2) is 0 Å². The van der Waals surface area contributed by atoms with Crippen LogP contribution in [0.25, 0.3) is 0 Å². The van der Waals surface area contributed by atoms with Crippen molar-refractivity contribution >= 4 is 6.29 Å². The molecule has 1 N–H and O–H groups in total. The standard InChI is InChI=1S/C15H33N.C3H6.C2HNO.CH4/c1-7-8-15(11-16-6)10-14(5)13(4)9-12(2)3;1-3-2;3-1-2-4;/h12-16H,7-11H2,1-6H3;3H,1H2,2H3;2H;1H4. The highest BCUT2D eigenvalue weighted by molar-refractivity contribution is 5.68. The van der Waals surface area contributed by atoms with E-state index >= 15 is 0 Å². The van der Waals surface area contributed by atoms with E-state index in [0.717, 1.165) is 23.7 Å². The first-order chi connectivity index (χ1) is 10.8. The molecule has 0 rings (SSSR count). The first-order valence-electron chi connectivity index (χ1n) is 8.89. The van der Waals surface area contributed by atoms with Gasteiger partial charge in [-0.1, -0.05) is 54.5 Å². The summed E-state index contributed by atoms with van der Waals surface area (Å²) in [4.78, 5) is 8.81. The van der Waals surface area contributed by atoms with E-state index in [2.05, 4.69) is 53.6 Å². The average Bonchev–Trinajstić information content (AvgIpc) is 2.48. The predicted octanol–water partition coefficient (Wildman–Crippen LogP) is 5.87. The fraction of sp³-hybridized carbons (Fsp3) is 0.810. The number of nitrogens with one attached hydrogen (secondary N) is 1. The molecule has 0 amide bonds. The molecular weight excluding hydrogens is 296 g/mol. The summed E-state index contributed by atoms with van der Waals surface area (Å²) < 4.78 is 0. The number of rotatable bonds is 9. The Morgan fingerprint density at radius 1 is 1.17 bits per heavy atom. The number of nitrogens with zero attached hydrogens (tertiary/aromatic N) is 1. The van der Waals surface area contributed by atoms with Gasteiger partial charge in [-0.3, -0.25) is 4.79 Å². The molecule has 0 saturated carbocycles. The minimum Gasteiger partial charge on any atom is -0.319 e. The Hall–Kier alpha value is -1.14. The van der Waals surface area contributed by atoms with Crippen molar-refractivity contribution in [3.8, 4) is 6.07 Å². The van der Waals surface area contributed by atoms with Crippen molar-refractivity contribution in [1.29, 1.82) is 5.26 Å². The number of hydrogen-bond acceptors (Lipinski definition) is 3. The highest BCUT2D eigenvalue weighted by atomic mass is 16.1. The monoisotopic (exact) mass is 340 g/mol. The molecule has 144 valence electrons. The lowest BCUT2D eigenvalue weighted by Gasteiger charge is -2.26. The second-order valence-electron chi connectivity index (χ2n) is 6.69. The zero-order valence-corrected chi connectivity index (χ0v) is 16.6. The van der Waals surface area contributed by atoms with Gasteiger partial charge in [-0.15, -0.1) is 6.58 Å². The van der Waals surface area contributed by atoms with Crippen molar-refractivity contribution in [2.45, 2.75) is 74.7 Å². The van der Waals surface area contributed by atoms with Gasteiger partial charge in [0, 0.05) is 0 Å². The van der Waals surface area contributed by atoms with E-state index in [1.165, 1.54) is 38.3 Å². The Morgan fingerprint density at radius 2 is 1.58 bits per heavy atom. The van der Waals surface area contributed by atoms with Crippen molar-refractivity contribution in [2.75, 3.05) is 13.6 Å². The first kappa shape index (κ1) is 30.7. The van der Waals surface area contributed by atoms with Crippen LogP contribution in [0.1, 0.15) is 74.7 Å². The highest BCUT2D eigenvalue weighted by Gasteiger charge is 2.18. The lowest BCUT2D eigenvalue weighted by molar-refractivity contribution is -0.103. The van der Waals surface area contributed by atoms with Crippen LogP contribution in [0.2, 0.25) is 0 Å². The van der Waals surface area contributed by atoms with Gasteiger partial charge >= 0.3 is 0 Å². The molecule has 0 aromatic carbocycles. The quantitative estimate of drug-likeness (QED) is 0.324. The Labute approximate surface area is 152 Å². The number of hydrogen-bond donors (Lipinski definition) is 1. The summed E-state index contributed by atoms with van der Waals surface area (Å²) in [6.07, 6.45) is 7.39. The molecule has 0 radical (unpaired) electrons. The zero-order valence-electron chi connectivity index (χ0n) is 16.6. The van der Waals surface area contributed by atoms with E-state index in [0.29, 0.717) is 0 Å². The summed E-state index contributed by atoms with van der Waals surface area (Å²) in [6.45, 7) is 18.3. The summed E-state index contributed by atoms with van der Waals surface area (Å²) in [5, 5.41) is 10.6. The SMILES string of the molecule is C.C=CC.CCCC(CNC)CC(C)C(C)CC(C)C.N#CC=O. The zero-order chi connectivity index (χ0) is 18.7. The third-order valence-corrected chi connectivity index (χ3v) is 3.76. The van der Waals surface area contributed by atoms with Crippen molar-refractivity contribution in [1.82, 2.24) is 5.32 Å². The highest BCUT2D eigenvalue weighted by Crippen LogP contribution is 2.27. The Bertz CT molecular complexity index is 289. The second kappa shape index (κ2) is 24.1. The first-order valence-corrected chi connectivity index (χ1v) is 8.89. The maximum atomic E-state index is 8.81. The Kier molecular flexibility index (Phi) is 30.9. The molecular formula is C21H44N2O. The van der Waals surface area contributed by atoms with Gasteiger partial charge in [0.1, 0.15) is 6.07 Å². The van der Waals surface area contributed by atoms with Crippen LogP contribution in [0.3, 0.4) is 0 Å². The largest absolute Gasteiger partial charge is 0.319 e. The number of carbonyl (C=O) groups is 1. The molecule has 0 fully saturated rings. The van der Waals surface area contributed by atoms with Gasteiger partial charge in [0.25, 0.3) is 0 Å². The maximum Gasteiger partial charge on any atom is 0.219 e. The summed E-state index contributed by atoms with van der Waals surface area (Å²) in [7, 11) is 2.07. The van der Waals surface area contributed by atoms with E-state index < -0.39 is 0 Å². The molecule has 3 heteroatoms. The van der Waals surface area contributed by atoms with E-state index in [9.17, 15) is 0 Å². The minimum absolute atomic E-state index is 0. The van der Waals surface area contributed by atoms with Crippen molar-refractivity contribution in [3.05, 3.63) is 12.7 Å². The van der Waals surface area contributed by atoms with Crippen LogP contribution in [0.15, 0.2) is 12.7 Å². The van der Waals surface area contributed by atoms with E-state index in [4.69, 9.17) is 10.1 Å². The molecule has 0 aliphatic heterocycles. The van der Waals surface area contributed by atoms with Crippen molar-refractivity contribution in [3.63, 3.8) is 0 Å². The number of aldehydes is 1. The number of allylic oxidation sites excluding steroid dienone is 1. The average molecular weight is 341 g/mol. The van der Waals surface area contributed by atoms with Gasteiger partial charge in [0.2, 0.25) is 6.29 Å². The summed E-state index contributed by atoms with van der Waals surface area (Å²) in [6, 6.07) is 1.25. The third-order valence-electron chi connectivity index (χ3n) is 3.76. The lowest BCUT2D eigenvalue weighted by atomic mass is 9.81. The molecule has 0 spiro atoms. The summed E-state index contributed by atoms with van der Waals surface area (Å²) in [5.41, 5.74) is 0. The third kappa shape index (κ3) is 25.8. The van der Waals surface area contributed by atoms with Crippen LogP contribution in [-0.2, 0) is 4.79 Å². The van der Waals surface area contributed by atoms with E-state index in [1.807, 2.05) is 6.92 Å². The smallest absolute Gasteiger partial charge is 0.219 e. The molecule has 0 aliphatic carbocycles. The molecule has 3 unspecified atom stereocenters. The summed E-state index contributed by atoms with van der Waals surface area (Å²) >= 11 is 0. The topological polar surface area (TPSA) is 52.9 Å². The molecule has 0 aliphatic rings. The fourth-order valence-electron chi connectivity index (χ4n) is 2.73. The number of nitriles is 1. The molecule has 24 heavy (non-hydrogen) atoms. The molecule has 0 heterocycles. The van der Waals surface area contributed by atoms with Crippen molar-refractivity contribution in [2.24, 2.45) is 23.7 Å². The normalized spacial score (nSPS) is 12.8. The van der Waals surface area contributed by atoms with Gasteiger partial charge in [0.15, 0.2) is 0 Å². The van der Waals surface area contributed by atoms with Crippen LogP contribution in [0.5, 0.6) is 0 Å². The second-order valence-corrected chi connectivity index (χ2v) is 6.69. The van der Waals surface area contributed by atoms with Crippen LogP contribution in [-0.4, -0.2) is 19.9 Å². The van der Waals surface area contributed by atoms with Crippen LogP contribution < -0.4 is 5.32 Å². The fourth-order valence-corrected chi connectivity index (χ4v) is 2.73. The van der Waals surface area contributed by atoms with E-state index in [-0.39, 0.29) is 13.7 Å². The summed E-state index contributed by atoms with van der Waals surface area (Å²) in [5.74, 6) is 3.45. The van der Waals surface area contributed by atoms with Gasteiger partial charge < -0.3 is 5.32 Å². The maximum absolute atomic E-state index is 8.81. The Morgan fingerprint density at radius 3 is 1.88 bits per heavy atom. The van der Waals surface area contributed by atoms with Gasteiger partial charge in [-0.2, -0.15) is 5.26 Å². The van der Waals surface area contributed by atoms with Crippen LogP contribution in [0, 0.1) is 35.0 Å². The molecule has 0 aromatic heterocycles. The minimum atomic E-state index is 0. The molecule has 3 atom stereocenters. The molecule has 0 aromatic rings. The number of carbonyl (C=O) groups excluding carboxylic acids is 1. The van der Waals surface area contributed by atoms with Gasteiger partial charge in [0.05, 0.1) is 0 Å². The molecule has 3 nitrogen and oxygen atoms in total. The van der Waals surface area contributed by atoms with E-state index in [1.54, 1.807) is 6.08 Å². The Balaban J connectivity index is -0.000000212. The van der Waals surface area contributed by atoms with Crippen molar-refractivity contribution < 1.29 is 4.79 Å². The molecule has 0 bridgehead atoms. The van der Waals surface area contributed by atoms with Crippen LogP contribution >= 0.6 is 0 Å². The van der Waals surface area contributed by atoms with Gasteiger partial charge in [-0.05, 0) is 63.5 Å².